The van der Waals surface area contributed by atoms with Crippen molar-refractivity contribution >= 4 is 22.8 Å². The molecule has 0 N–H and O–H groups in total. The molecule has 9 heteroatoms. The number of halogens is 1. The summed E-state index contributed by atoms with van der Waals surface area (Å²) in [6.45, 7) is 4.83. The molecule has 0 atom stereocenters. The first-order valence-electron chi connectivity index (χ1n) is 10.3. The fraction of sp³-hybridized carbons (Fsp3) is 0.261. The third kappa shape index (κ3) is 3.62. The van der Waals surface area contributed by atoms with E-state index in [1.165, 1.54) is 17.8 Å². The number of benzene rings is 2. The third-order valence-electron chi connectivity index (χ3n) is 5.37. The first-order valence-corrected chi connectivity index (χ1v) is 11.3. The Labute approximate surface area is 187 Å². The van der Waals surface area contributed by atoms with Crippen molar-refractivity contribution in [3.8, 4) is 11.5 Å². The molecule has 3 heterocycles. The minimum atomic E-state index is -0.277. The molecule has 1 aliphatic heterocycles. The molecule has 2 aromatic heterocycles. The lowest BCUT2D eigenvalue weighted by Gasteiger charge is -2.13. The van der Waals surface area contributed by atoms with E-state index >= 15 is 0 Å². The van der Waals surface area contributed by atoms with Crippen LogP contribution in [-0.2, 0) is 18.8 Å². The summed E-state index contributed by atoms with van der Waals surface area (Å²) in [6, 6.07) is 12.2. The Morgan fingerprint density at radius 3 is 2.78 bits per heavy atom. The van der Waals surface area contributed by atoms with Crippen molar-refractivity contribution in [1.82, 2.24) is 19.3 Å². The van der Waals surface area contributed by atoms with Gasteiger partial charge in [0, 0.05) is 12.3 Å². The maximum Gasteiger partial charge on any atom is 0.280 e. The second kappa shape index (κ2) is 8.31. The first kappa shape index (κ1) is 20.6. The second-order valence-corrected chi connectivity index (χ2v) is 8.39. The molecule has 1 aliphatic rings. The Morgan fingerprint density at radius 2 is 1.97 bits per heavy atom. The molecule has 4 aromatic rings. The van der Waals surface area contributed by atoms with E-state index in [9.17, 15) is 9.18 Å². The van der Waals surface area contributed by atoms with Crippen LogP contribution in [0.2, 0.25) is 0 Å². The number of fused-ring (bicyclic) bond motifs is 2. The number of nitrogens with zero attached hydrogens (tertiary/aromatic N) is 4. The number of aromatic nitrogens is 4. The van der Waals surface area contributed by atoms with Crippen LogP contribution in [0, 0.1) is 12.7 Å². The highest BCUT2D eigenvalue weighted by molar-refractivity contribution is 7.98. The van der Waals surface area contributed by atoms with E-state index in [1.54, 1.807) is 27.4 Å². The molecule has 5 rings (SSSR count). The van der Waals surface area contributed by atoms with Gasteiger partial charge in [-0.3, -0.25) is 14.0 Å². The van der Waals surface area contributed by atoms with Gasteiger partial charge in [0.1, 0.15) is 11.3 Å². The summed E-state index contributed by atoms with van der Waals surface area (Å²) in [6.07, 6.45) is 0. The van der Waals surface area contributed by atoms with E-state index in [0.717, 1.165) is 5.56 Å². The molecule has 0 aliphatic carbocycles. The molecule has 7 nitrogen and oxygen atoms in total. The predicted molar refractivity (Wildman–Crippen MR) is 120 cm³/mol. The highest BCUT2D eigenvalue weighted by Crippen LogP contribution is 2.33. The maximum absolute atomic E-state index is 14.2. The van der Waals surface area contributed by atoms with Crippen LogP contribution in [-0.4, -0.2) is 26.1 Å². The number of rotatable bonds is 6. The smallest absolute Gasteiger partial charge is 0.280 e. The lowest BCUT2D eigenvalue weighted by molar-refractivity contribution is 0.174. The van der Waals surface area contributed by atoms with Crippen LogP contribution in [0.25, 0.3) is 11.0 Å². The average molecular weight is 453 g/mol. The third-order valence-corrected chi connectivity index (χ3v) is 6.40. The maximum atomic E-state index is 14.2. The summed E-state index contributed by atoms with van der Waals surface area (Å²) in [5.74, 6) is 1.41. The molecular weight excluding hydrogens is 431 g/mol. The van der Waals surface area contributed by atoms with Crippen molar-refractivity contribution < 1.29 is 13.9 Å². The van der Waals surface area contributed by atoms with Crippen molar-refractivity contribution in [2.24, 2.45) is 0 Å². The Morgan fingerprint density at radius 1 is 1.16 bits per heavy atom. The van der Waals surface area contributed by atoms with E-state index in [0.29, 0.717) is 57.8 Å². The zero-order valence-electron chi connectivity index (χ0n) is 17.7. The average Bonchev–Trinajstić information content (AvgIpc) is 3.39. The quantitative estimate of drug-likeness (QED) is 0.324. The van der Waals surface area contributed by atoms with Gasteiger partial charge in [0.15, 0.2) is 22.2 Å². The second-order valence-electron chi connectivity index (χ2n) is 7.45. The summed E-state index contributed by atoms with van der Waals surface area (Å²) < 4.78 is 28.3. The standard InChI is InChI=1S/C23H21FN4O3S/c1-3-28-21-20(14(2)26-28)25-23(32-12-16-6-4-5-7-17(16)24)27(22(21)29)11-15-8-9-18-19(10-15)31-13-30-18/h4-10H,3,11-13H2,1-2H3. The summed E-state index contributed by atoms with van der Waals surface area (Å²) in [4.78, 5) is 18.4. The van der Waals surface area contributed by atoms with E-state index in [2.05, 4.69) is 5.10 Å². The van der Waals surface area contributed by atoms with Crippen LogP contribution in [0.4, 0.5) is 4.39 Å². The largest absolute Gasteiger partial charge is 0.454 e. The summed E-state index contributed by atoms with van der Waals surface area (Å²) >= 11 is 1.33. The van der Waals surface area contributed by atoms with Crippen molar-refractivity contribution in [2.75, 3.05) is 6.79 Å². The van der Waals surface area contributed by atoms with Gasteiger partial charge in [0.05, 0.1) is 12.2 Å². The van der Waals surface area contributed by atoms with Crippen molar-refractivity contribution in [3.63, 3.8) is 0 Å². The molecule has 2 aromatic carbocycles. The fourth-order valence-electron chi connectivity index (χ4n) is 3.75. The van der Waals surface area contributed by atoms with Gasteiger partial charge in [0.25, 0.3) is 5.56 Å². The molecule has 0 bridgehead atoms. The summed E-state index contributed by atoms with van der Waals surface area (Å²) in [7, 11) is 0. The zero-order valence-corrected chi connectivity index (χ0v) is 18.5. The van der Waals surface area contributed by atoms with Crippen LogP contribution >= 0.6 is 11.8 Å². The van der Waals surface area contributed by atoms with E-state index < -0.39 is 0 Å². The molecule has 0 amide bonds. The van der Waals surface area contributed by atoms with E-state index in [1.807, 2.05) is 32.0 Å². The van der Waals surface area contributed by atoms with Gasteiger partial charge in [-0.1, -0.05) is 36.0 Å². The minimum Gasteiger partial charge on any atom is -0.454 e. The number of ether oxygens (including phenoxy) is 2. The van der Waals surface area contributed by atoms with E-state index in [4.69, 9.17) is 14.5 Å². The SMILES string of the molecule is CCn1nc(C)c2nc(SCc3ccccc3F)n(Cc3ccc4c(c3)OCO4)c(=O)c21. The van der Waals surface area contributed by atoms with Crippen molar-refractivity contribution in [1.29, 1.82) is 0 Å². The Hall–Kier alpha value is -3.33. The highest BCUT2D eigenvalue weighted by Gasteiger charge is 2.20. The van der Waals surface area contributed by atoms with Crippen LogP contribution in [0.1, 0.15) is 23.7 Å². The van der Waals surface area contributed by atoms with Crippen molar-refractivity contribution in [3.05, 3.63) is 75.5 Å². The van der Waals surface area contributed by atoms with Gasteiger partial charge in [-0.25, -0.2) is 9.37 Å². The van der Waals surface area contributed by atoms with E-state index in [-0.39, 0.29) is 18.2 Å². The van der Waals surface area contributed by atoms with Gasteiger partial charge >= 0.3 is 0 Å². The lowest BCUT2D eigenvalue weighted by Crippen LogP contribution is -2.25. The molecule has 0 unspecified atom stereocenters. The molecule has 0 radical (unpaired) electrons. The molecule has 32 heavy (non-hydrogen) atoms. The van der Waals surface area contributed by atoms with Gasteiger partial charge < -0.3 is 9.47 Å². The number of hydrogen-bond acceptors (Lipinski definition) is 6. The highest BCUT2D eigenvalue weighted by atomic mass is 32.2. The normalized spacial score (nSPS) is 12.6. The lowest BCUT2D eigenvalue weighted by atomic mass is 10.2. The van der Waals surface area contributed by atoms with Gasteiger partial charge in [-0.2, -0.15) is 5.10 Å². The van der Waals surface area contributed by atoms with Crippen LogP contribution < -0.4 is 15.0 Å². The molecule has 0 saturated heterocycles. The van der Waals surface area contributed by atoms with Crippen molar-refractivity contribution in [2.45, 2.75) is 37.8 Å². The Balaban J connectivity index is 1.59. The number of hydrogen-bond donors (Lipinski definition) is 0. The van der Waals surface area contributed by atoms with Gasteiger partial charge in [-0.05, 0) is 43.2 Å². The van der Waals surface area contributed by atoms with Crippen LogP contribution in [0.15, 0.2) is 52.4 Å². The molecular formula is C23H21FN4O3S. The first-order chi connectivity index (χ1) is 15.5. The van der Waals surface area contributed by atoms with Gasteiger partial charge in [0.2, 0.25) is 6.79 Å². The molecule has 0 fully saturated rings. The summed E-state index contributed by atoms with van der Waals surface area (Å²) in [5, 5.41) is 4.99. The van der Waals surface area contributed by atoms with Crippen LogP contribution in [0.5, 0.6) is 11.5 Å². The summed E-state index contributed by atoms with van der Waals surface area (Å²) in [5.41, 5.74) is 3.01. The number of aryl methyl sites for hydroxylation is 2. The fourth-order valence-corrected chi connectivity index (χ4v) is 4.72. The molecule has 0 spiro atoms. The van der Waals surface area contributed by atoms with Crippen LogP contribution in [0.3, 0.4) is 0 Å². The zero-order chi connectivity index (χ0) is 22.2. The molecule has 0 saturated carbocycles. The predicted octanol–water partition coefficient (Wildman–Crippen LogP) is 4.13. The molecule has 164 valence electrons. The monoisotopic (exact) mass is 452 g/mol. The Kier molecular flexibility index (Phi) is 5.34. The topological polar surface area (TPSA) is 71.2 Å². The Bertz CT molecular complexity index is 1380. The number of thioether (sulfide) groups is 1. The van der Waals surface area contributed by atoms with Gasteiger partial charge in [-0.15, -0.1) is 0 Å². The minimum absolute atomic E-state index is 0.175.